The summed E-state index contributed by atoms with van der Waals surface area (Å²) in [4.78, 5) is 20.3. The highest BCUT2D eigenvalue weighted by molar-refractivity contribution is 5.95. The fourth-order valence-electron chi connectivity index (χ4n) is 1.99. The molecule has 3 rings (SSSR count). The second-order valence-electron chi connectivity index (χ2n) is 4.61. The van der Waals surface area contributed by atoms with E-state index in [1.54, 1.807) is 36.4 Å². The zero-order valence-electron chi connectivity index (χ0n) is 11.5. The molecule has 6 heteroatoms. The lowest BCUT2D eigenvalue weighted by atomic mass is 10.1. The van der Waals surface area contributed by atoms with E-state index >= 15 is 0 Å². The van der Waals surface area contributed by atoms with E-state index in [4.69, 9.17) is 0 Å². The van der Waals surface area contributed by atoms with Crippen LogP contribution in [-0.4, -0.2) is 30.5 Å². The van der Waals surface area contributed by atoms with Crippen LogP contribution in [0.5, 0.6) is 0 Å². The van der Waals surface area contributed by atoms with Crippen molar-refractivity contribution < 1.29 is 4.79 Å². The van der Waals surface area contributed by atoms with Gasteiger partial charge in [0, 0.05) is 13.2 Å². The largest absolute Gasteiger partial charge is 0.331 e. The highest BCUT2D eigenvalue weighted by Crippen LogP contribution is 2.12. The summed E-state index contributed by atoms with van der Waals surface area (Å²) >= 11 is 0. The average molecular weight is 279 g/mol. The maximum absolute atomic E-state index is 12.1. The molecule has 0 amide bonds. The molecule has 0 aliphatic carbocycles. The van der Waals surface area contributed by atoms with Crippen molar-refractivity contribution in [3.8, 4) is 11.4 Å². The van der Waals surface area contributed by atoms with Gasteiger partial charge in [0.1, 0.15) is 11.4 Å². The van der Waals surface area contributed by atoms with E-state index in [-0.39, 0.29) is 12.2 Å². The van der Waals surface area contributed by atoms with Gasteiger partial charge in [0.15, 0.2) is 5.78 Å². The minimum absolute atomic E-state index is 0.0325. The summed E-state index contributed by atoms with van der Waals surface area (Å²) in [6, 6.07) is 9.22. The topological polar surface area (TPSA) is 73.6 Å². The van der Waals surface area contributed by atoms with Gasteiger partial charge in [-0.05, 0) is 24.3 Å². The molecule has 0 aliphatic heterocycles. The summed E-state index contributed by atoms with van der Waals surface area (Å²) in [7, 11) is 1.79. The minimum atomic E-state index is -0.0325. The smallest absolute Gasteiger partial charge is 0.186 e. The number of ketones is 1. The number of imidazole rings is 1. The van der Waals surface area contributed by atoms with Gasteiger partial charge in [-0.3, -0.25) is 9.78 Å². The van der Waals surface area contributed by atoms with Gasteiger partial charge in [0.2, 0.25) is 0 Å². The molecule has 0 unspecified atom stereocenters. The number of carbonyl (C=O) groups is 1. The number of hydrogen-bond acceptors (Lipinski definition) is 5. The minimum Gasteiger partial charge on any atom is -0.331 e. The molecule has 0 radical (unpaired) electrons. The number of hydrogen-bond donors (Lipinski definition) is 0. The molecular weight excluding hydrogens is 266 g/mol. The number of carbonyl (C=O) groups excluding carboxylic acids is 1. The number of nitrogens with zero attached hydrogens (tertiary/aromatic N) is 5. The Bertz CT molecular complexity index is 749. The Morgan fingerprint density at radius 1 is 1.14 bits per heavy atom. The molecular formula is C15H13N5O. The molecule has 0 N–H and O–H groups in total. The Kier molecular flexibility index (Phi) is 3.51. The molecule has 0 saturated heterocycles. The third-order valence-corrected chi connectivity index (χ3v) is 3.09. The lowest BCUT2D eigenvalue weighted by Crippen LogP contribution is -2.10. The van der Waals surface area contributed by atoms with Crippen molar-refractivity contribution >= 4 is 5.78 Å². The highest BCUT2D eigenvalue weighted by atomic mass is 16.1. The number of aryl methyl sites for hydroxylation is 1. The van der Waals surface area contributed by atoms with E-state index in [1.807, 2.05) is 24.3 Å². The molecule has 3 aromatic heterocycles. The quantitative estimate of drug-likeness (QED) is 0.679. The molecule has 0 bridgehead atoms. The number of pyridine rings is 1. The first kappa shape index (κ1) is 13.1. The van der Waals surface area contributed by atoms with Crippen molar-refractivity contribution in [1.29, 1.82) is 0 Å². The highest BCUT2D eigenvalue weighted by Gasteiger charge is 2.12. The maximum atomic E-state index is 12.1. The van der Waals surface area contributed by atoms with Crippen LogP contribution in [-0.2, 0) is 13.5 Å². The van der Waals surface area contributed by atoms with Crippen molar-refractivity contribution in [2.45, 2.75) is 6.42 Å². The molecule has 0 fully saturated rings. The van der Waals surface area contributed by atoms with E-state index in [1.165, 1.54) is 0 Å². The van der Waals surface area contributed by atoms with E-state index < -0.39 is 0 Å². The molecule has 0 aromatic carbocycles. The number of aromatic nitrogens is 5. The zero-order chi connectivity index (χ0) is 14.7. The Morgan fingerprint density at radius 3 is 2.67 bits per heavy atom. The normalized spacial score (nSPS) is 10.5. The first-order valence-corrected chi connectivity index (χ1v) is 6.47. The first-order chi connectivity index (χ1) is 10.2. The van der Waals surface area contributed by atoms with Crippen LogP contribution in [0.2, 0.25) is 0 Å². The first-order valence-electron chi connectivity index (χ1n) is 6.47. The predicted octanol–water partition coefficient (Wildman–Crippen LogP) is 1.70. The Labute approximate surface area is 121 Å². The molecule has 0 saturated carbocycles. The lowest BCUT2D eigenvalue weighted by molar-refractivity contribution is 0.0984. The Balaban J connectivity index is 1.76. The zero-order valence-corrected chi connectivity index (χ0v) is 11.5. The molecule has 21 heavy (non-hydrogen) atoms. The summed E-state index contributed by atoms with van der Waals surface area (Å²) in [5, 5.41) is 8.21. The van der Waals surface area contributed by atoms with Crippen LogP contribution in [0, 0.1) is 0 Å². The number of rotatable bonds is 4. The van der Waals surface area contributed by atoms with Crippen molar-refractivity contribution in [3.63, 3.8) is 0 Å². The van der Waals surface area contributed by atoms with Crippen LogP contribution >= 0.6 is 0 Å². The van der Waals surface area contributed by atoms with Gasteiger partial charge in [-0.1, -0.05) is 6.07 Å². The summed E-state index contributed by atoms with van der Waals surface area (Å²) in [5.41, 5.74) is 2.63. The lowest BCUT2D eigenvalue weighted by Gasteiger charge is -2.02. The SMILES string of the molecule is Cn1cncc1C(=O)Cc1ccc(-c2ccccn2)nn1. The predicted molar refractivity (Wildman–Crippen MR) is 76.5 cm³/mol. The standard InChI is InChI=1S/C15H13N5O/c1-20-10-16-9-14(20)15(21)8-11-5-6-13(19-18-11)12-4-2-3-7-17-12/h2-7,9-10H,8H2,1H3. The number of Topliss-reactive ketones (excluding diaryl/α,β-unsaturated/α-hetero) is 1. The van der Waals surface area contributed by atoms with Crippen molar-refractivity contribution in [2.75, 3.05) is 0 Å². The van der Waals surface area contributed by atoms with Gasteiger partial charge < -0.3 is 4.57 Å². The summed E-state index contributed by atoms with van der Waals surface area (Å²) in [5.74, 6) is -0.0325. The molecule has 0 spiro atoms. The van der Waals surface area contributed by atoms with Crippen LogP contribution in [0.15, 0.2) is 49.1 Å². The van der Waals surface area contributed by atoms with E-state index in [2.05, 4.69) is 20.2 Å². The van der Waals surface area contributed by atoms with Gasteiger partial charge in [0.05, 0.1) is 30.3 Å². The third kappa shape index (κ3) is 2.84. The molecule has 6 nitrogen and oxygen atoms in total. The van der Waals surface area contributed by atoms with Gasteiger partial charge in [0.25, 0.3) is 0 Å². The second-order valence-corrected chi connectivity index (χ2v) is 4.61. The molecule has 3 aromatic rings. The monoisotopic (exact) mass is 279 g/mol. The van der Waals surface area contributed by atoms with Crippen molar-refractivity contribution in [1.82, 2.24) is 24.7 Å². The third-order valence-electron chi connectivity index (χ3n) is 3.09. The van der Waals surface area contributed by atoms with Gasteiger partial charge >= 0.3 is 0 Å². The van der Waals surface area contributed by atoms with Crippen LogP contribution in [0.1, 0.15) is 16.2 Å². The summed E-state index contributed by atoms with van der Waals surface area (Å²) in [6.07, 6.45) is 5.06. The average Bonchev–Trinajstić information content (AvgIpc) is 2.95. The Hall–Kier alpha value is -2.89. The molecule has 0 aliphatic rings. The van der Waals surface area contributed by atoms with Crippen LogP contribution < -0.4 is 0 Å². The summed E-state index contributed by atoms with van der Waals surface area (Å²) in [6.45, 7) is 0. The van der Waals surface area contributed by atoms with Crippen molar-refractivity contribution in [2.24, 2.45) is 7.05 Å². The fourth-order valence-corrected chi connectivity index (χ4v) is 1.99. The van der Waals surface area contributed by atoms with E-state index in [0.717, 1.165) is 5.69 Å². The van der Waals surface area contributed by atoms with Crippen LogP contribution in [0.3, 0.4) is 0 Å². The van der Waals surface area contributed by atoms with Gasteiger partial charge in [-0.2, -0.15) is 5.10 Å². The summed E-state index contributed by atoms with van der Waals surface area (Å²) < 4.78 is 1.69. The molecule has 0 atom stereocenters. The molecule has 3 heterocycles. The van der Waals surface area contributed by atoms with Crippen LogP contribution in [0.4, 0.5) is 0 Å². The van der Waals surface area contributed by atoms with Crippen molar-refractivity contribution in [3.05, 3.63) is 60.4 Å². The molecule has 104 valence electrons. The van der Waals surface area contributed by atoms with E-state index in [9.17, 15) is 4.79 Å². The maximum Gasteiger partial charge on any atom is 0.186 e. The van der Waals surface area contributed by atoms with Gasteiger partial charge in [-0.15, -0.1) is 5.10 Å². The second kappa shape index (κ2) is 5.62. The van der Waals surface area contributed by atoms with Crippen LogP contribution in [0.25, 0.3) is 11.4 Å². The van der Waals surface area contributed by atoms with Gasteiger partial charge in [-0.25, -0.2) is 4.98 Å². The fraction of sp³-hybridized carbons (Fsp3) is 0.133. The Morgan fingerprint density at radius 2 is 2.05 bits per heavy atom. The van der Waals surface area contributed by atoms with E-state index in [0.29, 0.717) is 17.1 Å².